The number of alkyl halides is 3. The highest BCUT2D eigenvalue weighted by Crippen LogP contribution is 2.36. The number of amides is 1. The van der Waals surface area contributed by atoms with Gasteiger partial charge in [0.15, 0.2) is 0 Å². The van der Waals surface area contributed by atoms with E-state index in [1.54, 1.807) is 0 Å². The Morgan fingerprint density at radius 2 is 1.91 bits per heavy atom. The standard InChI is InChI=1S/C23H20F3N3O6/c24-23(25,26)16-4-2-1-3-14(16)17-7-11-5-6-12(8-15(11)20(31)28-17)29-10-13(35-22(29)34)9-18(30)19(27)21(32)33/h1-8,13,18-19,30H,9-10,27H2,(H,28,31)(H,32,33). The van der Waals surface area contributed by atoms with Crippen LogP contribution in [-0.4, -0.2) is 52.1 Å². The minimum Gasteiger partial charge on any atom is -0.480 e. The van der Waals surface area contributed by atoms with Crippen LogP contribution in [0.4, 0.5) is 23.7 Å². The van der Waals surface area contributed by atoms with E-state index in [4.69, 9.17) is 15.6 Å². The first-order valence-electron chi connectivity index (χ1n) is 10.4. The van der Waals surface area contributed by atoms with Crippen molar-refractivity contribution in [3.8, 4) is 11.3 Å². The lowest BCUT2D eigenvalue weighted by Crippen LogP contribution is -2.43. The maximum atomic E-state index is 13.4. The van der Waals surface area contributed by atoms with Crippen LogP contribution in [0.25, 0.3) is 22.0 Å². The number of pyridine rings is 1. The molecule has 3 atom stereocenters. The molecule has 12 heteroatoms. The van der Waals surface area contributed by atoms with Gasteiger partial charge in [-0.15, -0.1) is 0 Å². The number of aliphatic hydroxyl groups excluding tert-OH is 1. The topological polar surface area (TPSA) is 146 Å². The van der Waals surface area contributed by atoms with Gasteiger partial charge in [0.1, 0.15) is 12.1 Å². The van der Waals surface area contributed by atoms with Crippen molar-refractivity contribution in [3.63, 3.8) is 0 Å². The molecule has 35 heavy (non-hydrogen) atoms. The number of aromatic amines is 1. The van der Waals surface area contributed by atoms with Gasteiger partial charge in [-0.1, -0.05) is 24.3 Å². The summed E-state index contributed by atoms with van der Waals surface area (Å²) in [4.78, 5) is 39.7. The lowest BCUT2D eigenvalue weighted by molar-refractivity contribution is -0.141. The number of carboxylic acid groups (broad SMARTS) is 1. The molecule has 1 aliphatic rings. The zero-order valence-corrected chi connectivity index (χ0v) is 18.0. The van der Waals surface area contributed by atoms with E-state index < -0.39 is 47.6 Å². The van der Waals surface area contributed by atoms with Gasteiger partial charge < -0.3 is 25.7 Å². The lowest BCUT2D eigenvalue weighted by atomic mass is 10.0. The van der Waals surface area contributed by atoms with E-state index in [9.17, 15) is 32.7 Å². The van der Waals surface area contributed by atoms with E-state index in [-0.39, 0.29) is 35.3 Å². The van der Waals surface area contributed by atoms with Crippen molar-refractivity contribution < 1.29 is 37.7 Å². The van der Waals surface area contributed by atoms with Crippen molar-refractivity contribution in [1.82, 2.24) is 4.98 Å². The predicted octanol–water partition coefficient (Wildman–Crippen LogP) is 2.70. The third-order valence-corrected chi connectivity index (χ3v) is 5.74. The number of fused-ring (bicyclic) bond motifs is 1. The van der Waals surface area contributed by atoms with Crippen LogP contribution < -0.4 is 16.2 Å². The molecule has 2 aromatic carbocycles. The number of nitrogens with zero attached hydrogens (tertiary/aromatic N) is 1. The Hall–Kier alpha value is -3.90. The van der Waals surface area contributed by atoms with Gasteiger partial charge in [-0.2, -0.15) is 13.2 Å². The average Bonchev–Trinajstić information content (AvgIpc) is 3.17. The highest BCUT2D eigenvalue weighted by molar-refractivity contribution is 5.94. The number of cyclic esters (lactones) is 1. The van der Waals surface area contributed by atoms with Gasteiger partial charge in [-0.05, 0) is 29.7 Å². The van der Waals surface area contributed by atoms with Crippen LogP contribution in [0.3, 0.4) is 0 Å². The Morgan fingerprint density at radius 1 is 1.20 bits per heavy atom. The molecule has 1 fully saturated rings. The Balaban J connectivity index is 1.62. The quantitative estimate of drug-likeness (QED) is 0.415. The SMILES string of the molecule is NC(C(=O)O)C(O)CC1CN(c2ccc3cc(-c4ccccc4C(F)(F)F)[nH]c(=O)c3c2)C(=O)O1. The summed E-state index contributed by atoms with van der Waals surface area (Å²) in [6.45, 7) is -0.0251. The zero-order valence-electron chi connectivity index (χ0n) is 18.0. The number of aromatic nitrogens is 1. The molecule has 0 bridgehead atoms. The number of rotatable bonds is 6. The zero-order chi connectivity index (χ0) is 25.5. The average molecular weight is 491 g/mol. The summed E-state index contributed by atoms with van der Waals surface area (Å²) in [6.07, 6.45) is -7.86. The molecule has 0 radical (unpaired) electrons. The number of anilines is 1. The van der Waals surface area contributed by atoms with Crippen LogP contribution in [0.1, 0.15) is 12.0 Å². The van der Waals surface area contributed by atoms with Crippen LogP contribution >= 0.6 is 0 Å². The van der Waals surface area contributed by atoms with Crippen molar-refractivity contribution in [2.75, 3.05) is 11.4 Å². The van der Waals surface area contributed by atoms with E-state index in [2.05, 4.69) is 4.98 Å². The minimum atomic E-state index is -4.61. The number of carbonyl (C=O) groups excluding carboxylic acids is 1. The summed E-state index contributed by atoms with van der Waals surface area (Å²) in [5.74, 6) is -1.40. The van der Waals surface area contributed by atoms with Crippen molar-refractivity contribution in [2.24, 2.45) is 5.73 Å². The molecule has 3 aromatic rings. The Bertz CT molecular complexity index is 1360. The number of ether oxygens (including phenoxy) is 1. The summed E-state index contributed by atoms with van der Waals surface area (Å²) >= 11 is 0. The summed E-state index contributed by atoms with van der Waals surface area (Å²) in [5, 5.41) is 19.3. The molecule has 4 rings (SSSR count). The third kappa shape index (κ3) is 4.84. The molecule has 2 heterocycles. The molecular formula is C23H20F3N3O6. The number of carbonyl (C=O) groups is 2. The largest absolute Gasteiger partial charge is 0.480 e. The number of aliphatic hydroxyl groups is 1. The summed E-state index contributed by atoms with van der Waals surface area (Å²) in [7, 11) is 0. The summed E-state index contributed by atoms with van der Waals surface area (Å²) in [5.41, 5.74) is 3.95. The number of H-pyrrole nitrogens is 1. The number of nitrogens with two attached hydrogens (primary N) is 1. The van der Waals surface area contributed by atoms with E-state index in [0.717, 1.165) is 6.07 Å². The van der Waals surface area contributed by atoms with Crippen molar-refractivity contribution in [3.05, 3.63) is 64.4 Å². The summed E-state index contributed by atoms with van der Waals surface area (Å²) in [6, 6.07) is 9.16. The van der Waals surface area contributed by atoms with Crippen LogP contribution in [0.2, 0.25) is 0 Å². The van der Waals surface area contributed by atoms with Gasteiger partial charge in [-0.3, -0.25) is 14.5 Å². The molecule has 5 N–H and O–H groups in total. The molecule has 9 nitrogen and oxygen atoms in total. The van der Waals surface area contributed by atoms with Crippen molar-refractivity contribution in [2.45, 2.75) is 30.8 Å². The monoisotopic (exact) mass is 491 g/mol. The van der Waals surface area contributed by atoms with E-state index in [1.807, 2.05) is 0 Å². The second-order valence-electron chi connectivity index (χ2n) is 8.11. The molecular weight excluding hydrogens is 471 g/mol. The van der Waals surface area contributed by atoms with E-state index in [0.29, 0.717) is 5.39 Å². The highest BCUT2D eigenvalue weighted by atomic mass is 19.4. The number of nitrogens with one attached hydrogen (secondary N) is 1. The maximum absolute atomic E-state index is 13.4. The molecule has 0 spiro atoms. The molecule has 1 amide bonds. The first kappa shape index (κ1) is 24.2. The second-order valence-corrected chi connectivity index (χ2v) is 8.11. The molecule has 3 unspecified atom stereocenters. The number of hydrogen-bond donors (Lipinski definition) is 4. The number of hydrogen-bond acceptors (Lipinski definition) is 6. The molecule has 1 saturated heterocycles. The molecule has 184 valence electrons. The van der Waals surface area contributed by atoms with Crippen molar-refractivity contribution >= 4 is 28.5 Å². The lowest BCUT2D eigenvalue weighted by Gasteiger charge is -2.18. The fraction of sp³-hybridized carbons (Fsp3) is 0.261. The number of halogens is 3. The first-order valence-corrected chi connectivity index (χ1v) is 10.4. The fourth-order valence-corrected chi connectivity index (χ4v) is 3.96. The minimum absolute atomic E-state index is 0.00687. The highest BCUT2D eigenvalue weighted by Gasteiger charge is 2.36. The number of benzene rings is 2. The fourth-order valence-electron chi connectivity index (χ4n) is 3.96. The Morgan fingerprint density at radius 3 is 2.60 bits per heavy atom. The molecule has 0 aliphatic carbocycles. The van der Waals surface area contributed by atoms with Crippen LogP contribution in [0.15, 0.2) is 53.3 Å². The number of aliphatic carboxylic acids is 1. The Labute approximate surface area is 195 Å². The van der Waals surface area contributed by atoms with E-state index >= 15 is 0 Å². The normalized spacial score (nSPS) is 17.9. The predicted molar refractivity (Wildman–Crippen MR) is 119 cm³/mol. The maximum Gasteiger partial charge on any atom is 0.417 e. The number of carboxylic acids is 1. The summed E-state index contributed by atoms with van der Waals surface area (Å²) < 4.78 is 45.4. The molecule has 0 saturated carbocycles. The second kappa shape index (κ2) is 9.04. The Kier molecular flexibility index (Phi) is 6.26. The molecule has 1 aromatic heterocycles. The third-order valence-electron chi connectivity index (χ3n) is 5.74. The van der Waals surface area contributed by atoms with E-state index in [1.165, 1.54) is 47.4 Å². The van der Waals surface area contributed by atoms with Crippen LogP contribution in [0.5, 0.6) is 0 Å². The molecule has 1 aliphatic heterocycles. The van der Waals surface area contributed by atoms with Crippen molar-refractivity contribution in [1.29, 1.82) is 0 Å². The van der Waals surface area contributed by atoms with Gasteiger partial charge >= 0.3 is 18.2 Å². The van der Waals surface area contributed by atoms with Gasteiger partial charge in [0.05, 0.1) is 18.2 Å². The van der Waals surface area contributed by atoms with Crippen LogP contribution in [-0.2, 0) is 15.7 Å². The van der Waals surface area contributed by atoms with Gasteiger partial charge in [-0.25, -0.2) is 4.79 Å². The first-order chi connectivity index (χ1) is 16.5. The van der Waals surface area contributed by atoms with Gasteiger partial charge in [0.25, 0.3) is 5.56 Å². The van der Waals surface area contributed by atoms with Gasteiger partial charge in [0, 0.05) is 28.8 Å². The van der Waals surface area contributed by atoms with Gasteiger partial charge in [0.2, 0.25) is 0 Å². The smallest absolute Gasteiger partial charge is 0.417 e. The van der Waals surface area contributed by atoms with Crippen LogP contribution in [0, 0.1) is 0 Å².